The number of carbonyl (C=O) groups excluding carboxylic acids is 1. The highest BCUT2D eigenvalue weighted by Crippen LogP contribution is 2.36. The van der Waals surface area contributed by atoms with Gasteiger partial charge in [-0.3, -0.25) is 10.2 Å². The molecule has 0 atom stereocenters. The Labute approximate surface area is 184 Å². The topological polar surface area (TPSA) is 73.8 Å². The molecule has 1 aromatic carbocycles. The lowest BCUT2D eigenvalue weighted by Crippen LogP contribution is -2.35. The first-order chi connectivity index (χ1) is 14.5. The van der Waals surface area contributed by atoms with Crippen LogP contribution in [0.25, 0.3) is 11.8 Å². The van der Waals surface area contributed by atoms with Crippen molar-refractivity contribution in [1.82, 2.24) is 9.58 Å². The van der Waals surface area contributed by atoms with Crippen LogP contribution in [-0.2, 0) is 4.79 Å². The van der Waals surface area contributed by atoms with Crippen molar-refractivity contribution in [2.75, 3.05) is 0 Å². The molecule has 0 aliphatic carbocycles. The van der Waals surface area contributed by atoms with E-state index in [0.717, 1.165) is 27.6 Å². The lowest BCUT2D eigenvalue weighted by Gasteiger charge is -2.20. The van der Waals surface area contributed by atoms with E-state index in [1.807, 2.05) is 43.5 Å². The molecule has 0 spiro atoms. The summed E-state index contributed by atoms with van der Waals surface area (Å²) >= 11 is 6.47. The van der Waals surface area contributed by atoms with Gasteiger partial charge in [0.1, 0.15) is 0 Å². The van der Waals surface area contributed by atoms with Crippen LogP contribution in [0.5, 0.6) is 0 Å². The number of aliphatic imine (C=N–C) groups is 1. The Morgan fingerprint density at radius 2 is 1.94 bits per heavy atom. The predicted molar refractivity (Wildman–Crippen MR) is 116 cm³/mol. The highest BCUT2D eigenvalue weighted by Gasteiger charge is 2.46. The van der Waals surface area contributed by atoms with E-state index >= 15 is 0 Å². The lowest BCUT2D eigenvalue weighted by molar-refractivity contribution is -0.114. The lowest BCUT2D eigenvalue weighted by atomic mass is 10.1. The van der Waals surface area contributed by atoms with Gasteiger partial charge in [0.25, 0.3) is 5.91 Å². The van der Waals surface area contributed by atoms with Gasteiger partial charge in [-0.15, -0.1) is 0 Å². The van der Waals surface area contributed by atoms with Crippen LogP contribution in [0.3, 0.4) is 0 Å². The number of amides is 1. The Balaban J connectivity index is 1.77. The third-order valence-corrected chi connectivity index (χ3v) is 6.31. The quantitative estimate of drug-likeness (QED) is 0.616. The van der Waals surface area contributed by atoms with Crippen LogP contribution in [0.4, 0.5) is 13.2 Å². The number of hydrogen-bond donors (Lipinski definition) is 1. The summed E-state index contributed by atoms with van der Waals surface area (Å²) in [7, 11) is 0. The van der Waals surface area contributed by atoms with Crippen LogP contribution >= 0.6 is 23.4 Å². The Kier molecular flexibility index (Phi) is 5.09. The summed E-state index contributed by atoms with van der Waals surface area (Å²) in [6.45, 7) is 5.63. The zero-order valence-corrected chi connectivity index (χ0v) is 18.1. The zero-order valence-electron chi connectivity index (χ0n) is 16.5. The van der Waals surface area contributed by atoms with Crippen molar-refractivity contribution < 1.29 is 18.0 Å². The molecule has 0 unspecified atom stereocenters. The fraction of sp³-hybridized carbons (Fsp3) is 0.200. The van der Waals surface area contributed by atoms with Gasteiger partial charge in [-0.1, -0.05) is 17.7 Å². The summed E-state index contributed by atoms with van der Waals surface area (Å²) in [5, 5.41) is 11.6. The first kappa shape index (κ1) is 21.4. The first-order valence-corrected chi connectivity index (χ1v) is 10.2. The van der Waals surface area contributed by atoms with Crippen molar-refractivity contribution in [3.63, 3.8) is 0 Å². The monoisotopic (exact) mass is 465 g/mol. The average Bonchev–Trinajstić information content (AvgIpc) is 3.23. The molecule has 1 amide bonds. The SMILES string of the molecule is Cc1c(Cl)cccc1-n1c(C)cc(/C=C2\C(=N)N3N=C(C(F)(F)F)SC3=NC2=O)c1C. The molecule has 2 aromatic rings. The fourth-order valence-electron chi connectivity index (χ4n) is 3.40. The summed E-state index contributed by atoms with van der Waals surface area (Å²) < 4.78 is 40.9. The summed E-state index contributed by atoms with van der Waals surface area (Å²) in [5.74, 6) is -1.24. The van der Waals surface area contributed by atoms with Gasteiger partial charge >= 0.3 is 6.18 Å². The van der Waals surface area contributed by atoms with Gasteiger partial charge in [-0.25, -0.2) is 0 Å². The summed E-state index contributed by atoms with van der Waals surface area (Å²) in [6.07, 6.45) is -3.23. The minimum atomic E-state index is -4.68. The normalized spacial score (nSPS) is 17.9. The number of alkyl halides is 3. The van der Waals surface area contributed by atoms with E-state index < -0.39 is 23.0 Å². The molecule has 2 aliphatic rings. The van der Waals surface area contributed by atoms with Gasteiger partial charge in [0, 0.05) is 22.1 Å². The maximum absolute atomic E-state index is 13.0. The van der Waals surface area contributed by atoms with Crippen LogP contribution in [0.1, 0.15) is 22.5 Å². The molecule has 1 N–H and O–H groups in total. The van der Waals surface area contributed by atoms with Gasteiger partial charge < -0.3 is 4.57 Å². The van der Waals surface area contributed by atoms with Crippen molar-refractivity contribution >= 4 is 51.4 Å². The maximum Gasteiger partial charge on any atom is 0.441 e. The number of nitrogens with zero attached hydrogens (tertiary/aromatic N) is 4. The molecule has 0 saturated carbocycles. The smallest absolute Gasteiger partial charge is 0.318 e. The number of benzene rings is 1. The second kappa shape index (κ2) is 7.38. The maximum atomic E-state index is 13.0. The highest BCUT2D eigenvalue weighted by atomic mass is 35.5. The Hall–Kier alpha value is -2.85. The molecule has 2 aliphatic heterocycles. The molecular formula is C20H15ClF3N5OS. The summed E-state index contributed by atoms with van der Waals surface area (Å²) in [5.41, 5.74) is 3.88. The van der Waals surface area contributed by atoms with E-state index in [1.165, 1.54) is 6.08 Å². The number of hydrazone groups is 1. The van der Waals surface area contributed by atoms with E-state index in [0.29, 0.717) is 10.6 Å². The van der Waals surface area contributed by atoms with Gasteiger partial charge in [-0.05, 0) is 67.9 Å². The third-order valence-electron chi connectivity index (χ3n) is 4.95. The number of carbonyl (C=O) groups is 1. The van der Waals surface area contributed by atoms with Crippen LogP contribution in [0.2, 0.25) is 5.02 Å². The number of rotatable bonds is 2. The Morgan fingerprint density at radius 3 is 2.61 bits per heavy atom. The highest BCUT2D eigenvalue weighted by molar-refractivity contribution is 8.27. The number of aromatic nitrogens is 1. The number of fused-ring (bicyclic) bond motifs is 1. The Morgan fingerprint density at radius 1 is 1.23 bits per heavy atom. The van der Waals surface area contributed by atoms with Gasteiger partial charge in [0.15, 0.2) is 5.84 Å². The van der Waals surface area contributed by atoms with Gasteiger partial charge in [0.2, 0.25) is 10.2 Å². The number of thioether (sulfide) groups is 1. The van der Waals surface area contributed by atoms with Gasteiger partial charge in [0.05, 0.1) is 5.57 Å². The van der Waals surface area contributed by atoms with Crippen molar-refractivity contribution in [3.05, 3.63) is 57.4 Å². The molecule has 6 nitrogen and oxygen atoms in total. The molecule has 4 rings (SSSR count). The third kappa shape index (κ3) is 3.59. The van der Waals surface area contributed by atoms with E-state index in [1.54, 1.807) is 6.07 Å². The molecule has 31 heavy (non-hydrogen) atoms. The van der Waals surface area contributed by atoms with Crippen LogP contribution in [0, 0.1) is 26.2 Å². The minimum absolute atomic E-state index is 0.139. The standard InChI is InChI=1S/C20H15ClF3N5OS/c1-9-7-12(11(3)28(9)15-6-4-5-14(21)10(15)2)8-13-16(25)29-19(26-17(13)30)31-18(27-29)20(22,23)24/h4-8,25H,1-3H3/b13-8+,25-16?. The zero-order chi connectivity index (χ0) is 22.7. The fourth-order valence-corrected chi connectivity index (χ4v) is 4.33. The van der Waals surface area contributed by atoms with Crippen molar-refractivity contribution in [2.45, 2.75) is 26.9 Å². The molecule has 160 valence electrons. The number of hydrogen-bond acceptors (Lipinski definition) is 4. The van der Waals surface area contributed by atoms with E-state index in [2.05, 4.69) is 10.1 Å². The van der Waals surface area contributed by atoms with Crippen LogP contribution in [0.15, 0.2) is 39.9 Å². The molecule has 0 fully saturated rings. The first-order valence-electron chi connectivity index (χ1n) is 9.01. The molecule has 1 aromatic heterocycles. The Bertz CT molecular complexity index is 1240. The molecule has 0 saturated heterocycles. The number of halogens is 4. The number of nitrogens with one attached hydrogen (secondary N) is 1. The number of amidine groups is 2. The summed E-state index contributed by atoms with van der Waals surface area (Å²) in [4.78, 5) is 16.2. The molecule has 0 radical (unpaired) electrons. The predicted octanol–water partition coefficient (Wildman–Crippen LogP) is 5.24. The van der Waals surface area contributed by atoms with Crippen LogP contribution < -0.4 is 0 Å². The molecule has 0 bridgehead atoms. The van der Waals surface area contributed by atoms with Crippen molar-refractivity contribution in [3.8, 4) is 5.69 Å². The summed E-state index contributed by atoms with van der Waals surface area (Å²) in [6, 6.07) is 7.36. The van der Waals surface area contributed by atoms with E-state index in [4.69, 9.17) is 17.0 Å². The van der Waals surface area contributed by atoms with E-state index in [-0.39, 0.29) is 22.5 Å². The second-order valence-electron chi connectivity index (χ2n) is 6.97. The second-order valence-corrected chi connectivity index (χ2v) is 8.33. The van der Waals surface area contributed by atoms with Crippen molar-refractivity contribution in [2.24, 2.45) is 10.1 Å². The minimum Gasteiger partial charge on any atom is -0.318 e. The number of aryl methyl sites for hydroxylation is 1. The van der Waals surface area contributed by atoms with Crippen LogP contribution in [-0.4, -0.2) is 37.7 Å². The van der Waals surface area contributed by atoms with Crippen molar-refractivity contribution in [1.29, 1.82) is 5.41 Å². The van der Waals surface area contributed by atoms with Gasteiger partial charge in [-0.2, -0.15) is 28.3 Å². The molecule has 11 heteroatoms. The molecular weight excluding hydrogens is 451 g/mol. The van der Waals surface area contributed by atoms with E-state index in [9.17, 15) is 18.0 Å². The largest absolute Gasteiger partial charge is 0.441 e. The average molecular weight is 466 g/mol. The molecule has 3 heterocycles.